The van der Waals surface area contributed by atoms with Gasteiger partial charge in [0.25, 0.3) is 0 Å². The predicted molar refractivity (Wildman–Crippen MR) is 486 cm³/mol. The number of likely N-dealkylation sites (N-methyl/N-ethyl adjacent to an activating group) is 7. The van der Waals surface area contributed by atoms with Gasteiger partial charge in [-0.25, -0.2) is 0 Å². The molecule has 2 N–H and O–H groups in total. The molecule has 0 unspecified atom stereocenters. The van der Waals surface area contributed by atoms with Crippen LogP contribution >= 0.6 is 7.26 Å². The summed E-state index contributed by atoms with van der Waals surface area (Å²) in [7, 11) is 8.03. The molecule has 0 spiro atoms. The summed E-state index contributed by atoms with van der Waals surface area (Å²) >= 11 is 0. The summed E-state index contributed by atoms with van der Waals surface area (Å²) < 4.78 is 5.94. The summed E-state index contributed by atoms with van der Waals surface area (Å²) in [5.74, 6) is -11.5. The lowest BCUT2D eigenvalue weighted by Gasteiger charge is -2.41. The Morgan fingerprint density at radius 1 is 0.484 bits per heavy atom. The number of rotatable bonds is 31. The number of aliphatic hydroxyl groups excluding tert-OH is 1. The molecule has 1 heterocycles. The molecule has 1 aliphatic rings. The van der Waals surface area contributed by atoms with Crippen LogP contribution in [0.5, 0.6) is 0 Å². The largest absolute Gasteiger partial charge is 0.390 e. The quantitative estimate of drug-likeness (QED) is 0.0269. The second-order valence-electron chi connectivity index (χ2n) is 36.6. The van der Waals surface area contributed by atoms with Gasteiger partial charge in [0, 0.05) is 124 Å². The Morgan fingerprint density at radius 3 is 1.40 bits per heavy atom. The summed E-state index contributed by atoms with van der Waals surface area (Å²) in [6.07, 6.45) is 4.79. The third kappa shape index (κ3) is 29.1. The van der Waals surface area contributed by atoms with E-state index in [1.807, 2.05) is 85.7 Å². The minimum atomic E-state index is -2.14. The number of ketones is 5. The van der Waals surface area contributed by atoms with Crippen LogP contribution < -0.4 is 21.2 Å². The van der Waals surface area contributed by atoms with E-state index in [-0.39, 0.29) is 93.0 Å². The smallest absolute Gasteiger partial charge is 0.246 e. The molecular weight excluding hydrogens is 1560 g/mol. The second-order valence-corrected chi connectivity index (χ2v) is 40.2. The lowest BCUT2D eigenvalue weighted by molar-refractivity contribution is -0.157. The molecule has 0 saturated carbocycles. The van der Waals surface area contributed by atoms with Gasteiger partial charge in [-0.1, -0.05) is 195 Å². The standard InChI is InChI=1S/C98H145N8O15P/c1-24-73-60-87(111)90(91(113)69(14)37-34-38-72-47-49-74(50-48-72)84(108)46-36-53-121-52-35-39-75(107)51-54-122(76-40-28-25-29-41-76,77-42-30-26-31-43-77)78-44-32-27-33-45-78)106(23)98(120)89(68(12)13)105(22)97(119)83(58-66(8)9)104(21)96(118)82(57-65(6)7)103(20)93(115)71(16)99-92(114)70(15)59-85(109)81(56-64(4)5)102(19)95(117)79(67(10)11)61-86(110)80(55-63(2)3)101(18)88(112)62-100(17)94(73)116/h25-34,38,40-45,47-50,63-71,73,79-83,89-91,113H,24,35-37,39,46,51-62H2,1-23H3/p+1/b38-34+/t69-,70-,71-,73-,79+,80+,81+,82+,83+,89+,90-,91-/m1/s1. The highest BCUT2D eigenvalue weighted by Gasteiger charge is 2.48. The van der Waals surface area contributed by atoms with Crippen LogP contribution in [0.2, 0.25) is 0 Å². The van der Waals surface area contributed by atoms with Gasteiger partial charge in [-0.05, 0) is 142 Å². The first-order valence-electron chi connectivity index (χ1n) is 44.3. The Labute approximate surface area is 729 Å². The molecule has 4 aromatic carbocycles. The van der Waals surface area contributed by atoms with Crippen LogP contribution in [-0.4, -0.2) is 239 Å². The highest BCUT2D eigenvalue weighted by atomic mass is 31.2. The Morgan fingerprint density at radius 2 is 0.926 bits per heavy atom. The molecule has 8 amide bonds. The van der Waals surface area contributed by atoms with E-state index in [2.05, 4.69) is 78.1 Å². The number of aliphatic hydroxyl groups is 1. The van der Waals surface area contributed by atoms with Gasteiger partial charge in [0.15, 0.2) is 23.1 Å². The van der Waals surface area contributed by atoms with Gasteiger partial charge in [0.2, 0.25) is 47.3 Å². The minimum absolute atomic E-state index is 0.0652. The number of hydrogen-bond donors (Lipinski definition) is 2. The van der Waals surface area contributed by atoms with Crippen LogP contribution in [0.4, 0.5) is 0 Å². The number of amides is 8. The van der Waals surface area contributed by atoms with Crippen molar-refractivity contribution in [1.82, 2.24) is 39.6 Å². The van der Waals surface area contributed by atoms with Crippen LogP contribution in [0.1, 0.15) is 217 Å². The van der Waals surface area contributed by atoms with Crippen LogP contribution in [0, 0.1) is 59.2 Å². The third-order valence-corrected chi connectivity index (χ3v) is 28.6. The number of nitrogens with zero attached hydrogens (tertiary/aromatic N) is 7. The average Bonchev–Trinajstić information content (AvgIpc) is 0.757. The summed E-state index contributed by atoms with van der Waals surface area (Å²) in [6, 6.07) is 30.1. The monoisotopic (exact) mass is 1710 g/mol. The number of Topliss-reactive ketones (excluding diaryl/α,β-unsaturated/α-hetero) is 5. The van der Waals surface area contributed by atoms with Crippen molar-refractivity contribution in [2.24, 2.45) is 59.2 Å². The Kier molecular flexibility index (Phi) is 42.1. The maximum Gasteiger partial charge on any atom is 0.246 e. The van der Waals surface area contributed by atoms with Crippen molar-refractivity contribution in [3.63, 3.8) is 0 Å². The highest BCUT2D eigenvalue weighted by Crippen LogP contribution is 2.56. The van der Waals surface area contributed by atoms with Crippen LogP contribution in [0.25, 0.3) is 6.08 Å². The average molecular weight is 1710 g/mol. The fourth-order valence-electron chi connectivity index (χ4n) is 16.6. The van der Waals surface area contributed by atoms with Crippen LogP contribution in [0.15, 0.2) is 121 Å². The van der Waals surface area contributed by atoms with Gasteiger partial charge < -0.3 is 49.5 Å². The molecule has 122 heavy (non-hydrogen) atoms. The molecule has 5 rings (SSSR count). The van der Waals surface area contributed by atoms with E-state index < -0.39 is 169 Å². The number of carbonyl (C=O) groups is 13. The predicted octanol–water partition coefficient (Wildman–Crippen LogP) is 12.4. The molecule has 0 aliphatic carbocycles. The van der Waals surface area contributed by atoms with Gasteiger partial charge in [-0.2, -0.15) is 0 Å². The van der Waals surface area contributed by atoms with E-state index in [0.29, 0.717) is 50.6 Å². The summed E-state index contributed by atoms with van der Waals surface area (Å²) in [6.45, 7) is 28.9. The number of hydrogen-bond acceptors (Lipinski definition) is 15. The first-order valence-corrected chi connectivity index (χ1v) is 46.3. The first kappa shape index (κ1) is 104. The zero-order valence-electron chi connectivity index (χ0n) is 77.5. The van der Waals surface area contributed by atoms with Crippen molar-refractivity contribution in [3.05, 3.63) is 132 Å². The molecule has 4 aromatic rings. The number of allylic oxidation sites excluding steroid dienone is 1. The number of benzene rings is 4. The van der Waals surface area contributed by atoms with E-state index in [0.717, 1.165) is 10.5 Å². The molecule has 0 radical (unpaired) electrons. The molecule has 0 aromatic heterocycles. The van der Waals surface area contributed by atoms with Crippen molar-refractivity contribution in [2.75, 3.05) is 75.3 Å². The zero-order chi connectivity index (χ0) is 91.3. The Balaban J connectivity index is 1.42. The maximum absolute atomic E-state index is 15.7. The molecule has 12 atom stereocenters. The fourth-order valence-corrected chi connectivity index (χ4v) is 20.9. The van der Waals surface area contributed by atoms with Crippen LogP contribution in [-0.2, 0) is 62.3 Å². The van der Waals surface area contributed by atoms with E-state index >= 15 is 19.2 Å². The van der Waals surface area contributed by atoms with Gasteiger partial charge in [-0.15, -0.1) is 0 Å². The lowest BCUT2D eigenvalue weighted by Crippen LogP contribution is -2.61. The zero-order valence-corrected chi connectivity index (χ0v) is 78.4. The second kappa shape index (κ2) is 49.5. The van der Waals surface area contributed by atoms with Gasteiger partial charge in [0.05, 0.1) is 30.9 Å². The van der Waals surface area contributed by atoms with Crippen LogP contribution in [0.3, 0.4) is 0 Å². The van der Waals surface area contributed by atoms with Crippen molar-refractivity contribution in [3.8, 4) is 0 Å². The molecular formula is C98H146N8O15P+. The van der Waals surface area contributed by atoms with Crippen molar-refractivity contribution in [2.45, 2.75) is 249 Å². The molecule has 0 bridgehead atoms. The topological polar surface area (TPSA) is 286 Å². The molecule has 672 valence electrons. The van der Waals surface area contributed by atoms with Gasteiger partial charge >= 0.3 is 0 Å². The third-order valence-electron chi connectivity index (χ3n) is 24.1. The number of ether oxygens (including phenoxy) is 1. The Hall–Kier alpha value is -8.92. The SMILES string of the molecule is CC[C@@H]1CC(=O)[C@H]([C@H](O)[C@H](C)C/C=C/c2ccc(C(=O)CCCOCCCC(=O)CC[P+](c3ccccc3)(c3ccccc3)c3ccccc3)cc2)N(C)C(=O)[C@H](C(C)C)N(C)C(=O)[C@H](CC(C)C)N(C)C(=O)[C@H](CC(C)C)N(C)C(=O)[C@@H](C)NC(=O)[C@H](C)CC(=O)[C@H](CC(C)C)N(C)C(=O)[C@H](C(C)C)CC(=O)[C@H](CC(C)C)N(C)C(=O)CN(C)C1=O. The lowest BCUT2D eigenvalue weighted by atomic mass is 9.84. The summed E-state index contributed by atoms with van der Waals surface area (Å²) in [5, 5.41) is 19.2. The fraction of sp³-hybridized carbons (Fsp3) is 0.602. The van der Waals surface area contributed by atoms with E-state index in [1.54, 1.807) is 72.7 Å². The molecule has 1 fully saturated rings. The molecule has 23 nitrogen and oxygen atoms in total. The molecule has 24 heteroatoms. The van der Waals surface area contributed by atoms with Crippen molar-refractivity contribution >= 4 is 105 Å². The number of carbonyl (C=O) groups excluding carboxylic acids is 13. The molecule has 1 saturated heterocycles. The van der Waals surface area contributed by atoms with E-state index in [1.165, 1.54) is 102 Å². The normalized spacial score (nSPS) is 22.5. The van der Waals surface area contributed by atoms with E-state index in [9.17, 15) is 48.3 Å². The minimum Gasteiger partial charge on any atom is -0.390 e. The highest BCUT2D eigenvalue weighted by molar-refractivity contribution is 7.95. The Bertz CT molecular complexity index is 4040. The molecule has 1 aliphatic heterocycles. The van der Waals surface area contributed by atoms with Crippen molar-refractivity contribution in [1.29, 1.82) is 0 Å². The maximum atomic E-state index is 15.7. The van der Waals surface area contributed by atoms with E-state index in [4.69, 9.17) is 4.74 Å². The summed E-state index contributed by atoms with van der Waals surface area (Å²) in [5.41, 5.74) is 1.25. The van der Waals surface area contributed by atoms with Gasteiger partial charge in [-0.3, -0.25) is 62.3 Å². The number of nitrogens with one attached hydrogen (secondary N) is 1. The van der Waals surface area contributed by atoms with Gasteiger partial charge in [0.1, 0.15) is 59.2 Å². The van der Waals surface area contributed by atoms with Crippen molar-refractivity contribution < 1.29 is 72.2 Å². The first-order chi connectivity index (χ1) is 57.4. The summed E-state index contributed by atoms with van der Waals surface area (Å²) in [4.78, 5) is 200.